The van der Waals surface area contributed by atoms with Crippen molar-refractivity contribution in [3.63, 3.8) is 0 Å². The van der Waals surface area contributed by atoms with Crippen LogP contribution in [0, 0.1) is 0 Å². The van der Waals surface area contributed by atoms with E-state index in [1.165, 1.54) is 11.1 Å². The van der Waals surface area contributed by atoms with Crippen LogP contribution in [-0.4, -0.2) is 8.97 Å². The Kier molecular flexibility index (Phi) is 5.15. The lowest BCUT2D eigenvalue weighted by Crippen LogP contribution is -1.95. The summed E-state index contributed by atoms with van der Waals surface area (Å²) in [6, 6.07) is 37.6. The molecule has 0 N–H and O–H groups in total. The predicted molar refractivity (Wildman–Crippen MR) is 160 cm³/mol. The van der Waals surface area contributed by atoms with Gasteiger partial charge in [0, 0.05) is 22.7 Å². The molecule has 3 aromatic heterocycles. The van der Waals surface area contributed by atoms with Gasteiger partial charge in [0.05, 0.1) is 11.0 Å². The van der Waals surface area contributed by atoms with E-state index in [0.717, 1.165) is 55.5 Å². The summed E-state index contributed by atoms with van der Waals surface area (Å²) < 4.78 is 10.9. The predicted octanol–water partition coefficient (Wildman–Crippen LogP) is 9.45. The molecule has 3 nitrogen and oxygen atoms in total. The second-order valence-corrected chi connectivity index (χ2v) is 9.64. The highest BCUT2D eigenvalue weighted by Crippen LogP contribution is 2.38. The number of furan rings is 1. The van der Waals surface area contributed by atoms with E-state index >= 15 is 0 Å². The molecule has 0 saturated carbocycles. The number of hydrogen-bond donors (Lipinski definition) is 0. The van der Waals surface area contributed by atoms with Gasteiger partial charge in [-0.05, 0) is 53.5 Å². The first-order valence-corrected chi connectivity index (χ1v) is 12.8. The van der Waals surface area contributed by atoms with E-state index in [2.05, 4.69) is 126 Å². The number of nitrogens with zero attached hydrogens (tertiary/aromatic N) is 2. The third-order valence-corrected chi connectivity index (χ3v) is 7.23. The first kappa shape index (κ1) is 22.2. The molecule has 0 atom stereocenters. The van der Waals surface area contributed by atoms with Gasteiger partial charge in [0.15, 0.2) is 11.2 Å². The van der Waals surface area contributed by atoms with E-state index in [4.69, 9.17) is 4.42 Å². The van der Waals surface area contributed by atoms with Crippen LogP contribution in [0.25, 0.3) is 55.5 Å². The Morgan fingerprint density at radius 3 is 2.08 bits per heavy atom. The SMILES string of the molecule is C=C(C=C(C=C(C)c1ccccc1)c1ccccc1)n1c2ccccc2n2cc3c4ccccc4oc3c12. The largest absolute Gasteiger partial charge is 0.452 e. The number of hydrogen-bond acceptors (Lipinski definition) is 1. The van der Waals surface area contributed by atoms with Crippen molar-refractivity contribution in [1.82, 2.24) is 8.97 Å². The van der Waals surface area contributed by atoms with Crippen molar-refractivity contribution >= 4 is 55.5 Å². The minimum atomic E-state index is 0.868. The fourth-order valence-electron chi connectivity index (χ4n) is 5.41. The van der Waals surface area contributed by atoms with Crippen LogP contribution in [0.5, 0.6) is 0 Å². The highest BCUT2D eigenvalue weighted by molar-refractivity contribution is 6.12. The number of fused-ring (bicyclic) bond motifs is 7. The Morgan fingerprint density at radius 2 is 1.32 bits per heavy atom. The summed E-state index contributed by atoms with van der Waals surface area (Å²) in [6.45, 7) is 6.74. The highest BCUT2D eigenvalue weighted by Gasteiger charge is 2.20. The maximum absolute atomic E-state index is 6.42. The lowest BCUT2D eigenvalue weighted by molar-refractivity contribution is 0.670. The first-order chi connectivity index (χ1) is 18.7. The van der Waals surface area contributed by atoms with Gasteiger partial charge < -0.3 is 4.42 Å². The lowest BCUT2D eigenvalue weighted by Gasteiger charge is -2.10. The summed E-state index contributed by atoms with van der Waals surface area (Å²) >= 11 is 0. The van der Waals surface area contributed by atoms with E-state index in [-0.39, 0.29) is 0 Å². The third kappa shape index (κ3) is 3.52. The normalized spacial score (nSPS) is 12.8. The number of allylic oxidation sites excluding steroid dienone is 5. The van der Waals surface area contributed by atoms with Crippen LogP contribution < -0.4 is 0 Å². The highest BCUT2D eigenvalue weighted by atomic mass is 16.3. The van der Waals surface area contributed by atoms with Gasteiger partial charge in [0.2, 0.25) is 0 Å². The quantitative estimate of drug-likeness (QED) is 0.220. The Labute approximate surface area is 220 Å². The summed E-state index contributed by atoms with van der Waals surface area (Å²) in [5.74, 6) is 0. The molecule has 0 aliphatic carbocycles. The second-order valence-electron chi connectivity index (χ2n) is 9.64. The van der Waals surface area contributed by atoms with Crippen molar-refractivity contribution in [2.75, 3.05) is 0 Å². The van der Waals surface area contributed by atoms with Crippen LogP contribution in [-0.2, 0) is 0 Å². The number of imidazole rings is 1. The molecule has 0 fully saturated rings. The van der Waals surface area contributed by atoms with Crippen molar-refractivity contribution in [1.29, 1.82) is 0 Å². The number of para-hydroxylation sites is 3. The Bertz CT molecular complexity index is 2030. The standard InChI is InChI=1S/C35H26N2O/c1-24(26-13-5-3-6-14-26)21-28(27-15-7-4-8-16-27)22-25(2)37-32-19-11-10-18-31(32)36-23-30-29-17-9-12-20-33(29)38-34(30)35(36)37/h3-23H,2H2,1H3. The minimum Gasteiger partial charge on any atom is -0.452 e. The van der Waals surface area contributed by atoms with E-state index in [1.54, 1.807) is 0 Å². The zero-order valence-electron chi connectivity index (χ0n) is 21.1. The molecule has 0 unspecified atom stereocenters. The lowest BCUT2D eigenvalue weighted by atomic mass is 9.99. The molecular formula is C35H26N2O. The smallest absolute Gasteiger partial charge is 0.178 e. The van der Waals surface area contributed by atoms with Crippen molar-refractivity contribution in [2.45, 2.75) is 6.92 Å². The minimum absolute atomic E-state index is 0.868. The number of rotatable bonds is 5. The number of aromatic nitrogens is 2. The summed E-state index contributed by atoms with van der Waals surface area (Å²) in [5.41, 5.74) is 10.4. The van der Waals surface area contributed by atoms with Gasteiger partial charge in [0.1, 0.15) is 5.58 Å². The molecule has 0 aliphatic heterocycles. The van der Waals surface area contributed by atoms with Crippen LogP contribution in [0.1, 0.15) is 18.1 Å². The van der Waals surface area contributed by atoms with Gasteiger partial charge in [0.25, 0.3) is 0 Å². The zero-order chi connectivity index (χ0) is 25.6. The molecule has 0 aliphatic rings. The molecule has 182 valence electrons. The maximum atomic E-state index is 6.42. The molecule has 0 spiro atoms. The molecule has 4 aromatic carbocycles. The van der Waals surface area contributed by atoms with E-state index in [1.807, 2.05) is 24.3 Å². The van der Waals surface area contributed by atoms with Gasteiger partial charge >= 0.3 is 0 Å². The first-order valence-electron chi connectivity index (χ1n) is 12.8. The monoisotopic (exact) mass is 490 g/mol. The molecule has 0 amide bonds. The van der Waals surface area contributed by atoms with Crippen LogP contribution in [0.4, 0.5) is 0 Å². The zero-order valence-corrected chi connectivity index (χ0v) is 21.1. The molecule has 7 rings (SSSR count). The maximum Gasteiger partial charge on any atom is 0.178 e. The van der Waals surface area contributed by atoms with Crippen molar-refractivity contribution in [3.05, 3.63) is 145 Å². The topological polar surface area (TPSA) is 22.5 Å². The van der Waals surface area contributed by atoms with E-state index < -0.39 is 0 Å². The Hall–Kier alpha value is -5.02. The van der Waals surface area contributed by atoms with Crippen molar-refractivity contribution in [2.24, 2.45) is 0 Å². The molecule has 3 heteroatoms. The van der Waals surface area contributed by atoms with E-state index in [9.17, 15) is 0 Å². The van der Waals surface area contributed by atoms with Crippen LogP contribution >= 0.6 is 0 Å². The van der Waals surface area contributed by atoms with Crippen molar-refractivity contribution in [3.8, 4) is 0 Å². The molecular weight excluding hydrogens is 464 g/mol. The third-order valence-electron chi connectivity index (χ3n) is 7.23. The van der Waals surface area contributed by atoms with Gasteiger partial charge in [-0.15, -0.1) is 0 Å². The average Bonchev–Trinajstić information content (AvgIpc) is 3.61. The van der Waals surface area contributed by atoms with Gasteiger partial charge in [-0.2, -0.15) is 0 Å². The van der Waals surface area contributed by atoms with Gasteiger partial charge in [-0.3, -0.25) is 8.97 Å². The molecule has 0 saturated heterocycles. The van der Waals surface area contributed by atoms with Gasteiger partial charge in [-0.1, -0.05) is 104 Å². The molecule has 7 aromatic rings. The summed E-state index contributed by atoms with van der Waals surface area (Å²) in [4.78, 5) is 0. The molecule has 3 heterocycles. The summed E-state index contributed by atoms with van der Waals surface area (Å²) in [5, 5.41) is 2.23. The molecule has 38 heavy (non-hydrogen) atoms. The number of benzene rings is 4. The van der Waals surface area contributed by atoms with Crippen molar-refractivity contribution < 1.29 is 4.42 Å². The molecule has 0 radical (unpaired) electrons. The fourth-order valence-corrected chi connectivity index (χ4v) is 5.41. The summed E-state index contributed by atoms with van der Waals surface area (Å²) in [7, 11) is 0. The van der Waals surface area contributed by atoms with Crippen LogP contribution in [0.3, 0.4) is 0 Å². The van der Waals surface area contributed by atoms with Crippen LogP contribution in [0.2, 0.25) is 0 Å². The molecule has 0 bridgehead atoms. The summed E-state index contributed by atoms with van der Waals surface area (Å²) in [6.07, 6.45) is 6.60. The second kappa shape index (κ2) is 8.82. The Balaban J connectivity index is 1.47. The average molecular weight is 491 g/mol. The van der Waals surface area contributed by atoms with Crippen LogP contribution in [0.15, 0.2) is 139 Å². The Morgan fingerprint density at radius 1 is 0.684 bits per heavy atom. The fraction of sp³-hybridized carbons (Fsp3) is 0.0286. The van der Waals surface area contributed by atoms with E-state index in [0.29, 0.717) is 0 Å². The van der Waals surface area contributed by atoms with Gasteiger partial charge in [-0.25, -0.2) is 0 Å².